The third kappa shape index (κ3) is 6.56. The number of carbonyl (C=O) groups excluding carboxylic acids is 3. The number of rotatable bonds is 7. The molecule has 0 radical (unpaired) electrons. The minimum Gasteiger partial charge on any atom is -0.469 e. The number of nitrogens with one attached hydrogen (secondary N) is 1. The molecule has 1 aromatic carbocycles. The first kappa shape index (κ1) is 16.7. The molecular formula is C15H19NO5. The zero-order chi connectivity index (χ0) is 15.7. The summed E-state index contributed by atoms with van der Waals surface area (Å²) in [7, 11) is 2.50. The van der Waals surface area contributed by atoms with Crippen molar-refractivity contribution < 1.29 is 23.9 Å². The Morgan fingerprint density at radius 1 is 1.05 bits per heavy atom. The van der Waals surface area contributed by atoms with E-state index in [0.717, 1.165) is 5.56 Å². The van der Waals surface area contributed by atoms with Gasteiger partial charge in [0.25, 0.3) is 0 Å². The van der Waals surface area contributed by atoms with Crippen molar-refractivity contribution in [2.24, 2.45) is 0 Å². The molecule has 6 nitrogen and oxygen atoms in total. The zero-order valence-corrected chi connectivity index (χ0v) is 12.1. The molecule has 0 spiro atoms. The summed E-state index contributed by atoms with van der Waals surface area (Å²) in [5, 5.41) is 2.66. The van der Waals surface area contributed by atoms with Crippen LogP contribution in [0.1, 0.15) is 18.4 Å². The minimum atomic E-state index is -0.621. The molecule has 0 heterocycles. The standard InChI is InChI=1S/C15H19NO5/c1-20-14(18)9-12(8-11-6-4-3-5-7-11)16-13(17)10-15(19)21-2/h3-7,12H,8-10H2,1-2H3,(H,16,17). The fourth-order valence-electron chi connectivity index (χ4n) is 1.84. The predicted octanol–water partition coefficient (Wildman–Crippen LogP) is 0.840. The van der Waals surface area contributed by atoms with Gasteiger partial charge in [0.05, 0.1) is 20.6 Å². The number of esters is 2. The monoisotopic (exact) mass is 293 g/mol. The number of amides is 1. The van der Waals surface area contributed by atoms with E-state index in [1.54, 1.807) is 0 Å². The van der Waals surface area contributed by atoms with Gasteiger partial charge in [-0.05, 0) is 12.0 Å². The second-order valence-corrected chi connectivity index (χ2v) is 4.49. The number of carbonyl (C=O) groups is 3. The van der Waals surface area contributed by atoms with E-state index in [4.69, 9.17) is 0 Å². The van der Waals surface area contributed by atoms with Crippen LogP contribution in [0.5, 0.6) is 0 Å². The number of ether oxygens (including phenoxy) is 2. The molecule has 0 fully saturated rings. The van der Waals surface area contributed by atoms with Crippen LogP contribution >= 0.6 is 0 Å². The number of methoxy groups -OCH3 is 2. The van der Waals surface area contributed by atoms with E-state index < -0.39 is 23.9 Å². The quantitative estimate of drug-likeness (QED) is 0.595. The van der Waals surface area contributed by atoms with Crippen molar-refractivity contribution >= 4 is 17.8 Å². The van der Waals surface area contributed by atoms with Gasteiger partial charge in [0.2, 0.25) is 5.91 Å². The number of hydrogen-bond acceptors (Lipinski definition) is 5. The summed E-state index contributed by atoms with van der Waals surface area (Å²) >= 11 is 0. The maximum Gasteiger partial charge on any atom is 0.315 e. The lowest BCUT2D eigenvalue weighted by Crippen LogP contribution is -2.39. The van der Waals surface area contributed by atoms with Crippen molar-refractivity contribution in [3.05, 3.63) is 35.9 Å². The second kappa shape index (κ2) is 8.73. The van der Waals surface area contributed by atoms with E-state index in [-0.39, 0.29) is 12.8 Å². The van der Waals surface area contributed by atoms with Crippen LogP contribution in [0.3, 0.4) is 0 Å². The highest BCUT2D eigenvalue weighted by Crippen LogP contribution is 2.07. The van der Waals surface area contributed by atoms with E-state index in [0.29, 0.717) is 6.42 Å². The Morgan fingerprint density at radius 3 is 2.24 bits per heavy atom. The first-order valence-corrected chi connectivity index (χ1v) is 6.52. The highest BCUT2D eigenvalue weighted by atomic mass is 16.5. The Bertz CT molecular complexity index is 486. The van der Waals surface area contributed by atoms with Crippen molar-refractivity contribution in [3.8, 4) is 0 Å². The fraction of sp³-hybridized carbons (Fsp3) is 0.400. The molecule has 21 heavy (non-hydrogen) atoms. The average molecular weight is 293 g/mol. The predicted molar refractivity (Wildman–Crippen MR) is 75.3 cm³/mol. The summed E-state index contributed by atoms with van der Waals surface area (Å²) in [4.78, 5) is 34.2. The normalized spacial score (nSPS) is 11.3. The Hall–Kier alpha value is -2.37. The van der Waals surface area contributed by atoms with Crippen molar-refractivity contribution in [1.82, 2.24) is 5.32 Å². The summed E-state index contributed by atoms with van der Waals surface area (Å²) in [6.07, 6.45) is 0.143. The molecule has 0 aliphatic rings. The molecule has 1 N–H and O–H groups in total. The van der Waals surface area contributed by atoms with E-state index in [1.807, 2.05) is 30.3 Å². The molecule has 1 unspecified atom stereocenters. The first-order chi connectivity index (χ1) is 10.0. The van der Waals surface area contributed by atoms with E-state index in [9.17, 15) is 14.4 Å². The second-order valence-electron chi connectivity index (χ2n) is 4.49. The van der Waals surface area contributed by atoms with Crippen LogP contribution in [-0.4, -0.2) is 38.1 Å². The molecule has 1 atom stereocenters. The Morgan fingerprint density at radius 2 is 1.67 bits per heavy atom. The summed E-state index contributed by atoms with van der Waals surface area (Å²) < 4.78 is 9.05. The minimum absolute atomic E-state index is 0.0400. The van der Waals surface area contributed by atoms with Crippen LogP contribution in [0.25, 0.3) is 0 Å². The molecule has 0 bridgehead atoms. The van der Waals surface area contributed by atoms with Crippen LogP contribution in [0.2, 0.25) is 0 Å². The summed E-state index contributed by atoms with van der Waals surface area (Å²) in [6, 6.07) is 9.00. The largest absolute Gasteiger partial charge is 0.469 e. The summed E-state index contributed by atoms with van der Waals surface area (Å²) in [5.41, 5.74) is 0.977. The maximum absolute atomic E-state index is 11.7. The van der Waals surface area contributed by atoms with Gasteiger partial charge in [-0.1, -0.05) is 30.3 Å². The molecule has 0 aliphatic carbocycles. The van der Waals surface area contributed by atoms with Gasteiger partial charge in [0.15, 0.2) is 0 Å². The molecule has 0 saturated carbocycles. The molecule has 0 saturated heterocycles. The zero-order valence-electron chi connectivity index (χ0n) is 12.1. The van der Waals surface area contributed by atoms with Gasteiger partial charge < -0.3 is 14.8 Å². The highest BCUT2D eigenvalue weighted by Gasteiger charge is 2.19. The Labute approximate surface area is 123 Å². The lowest BCUT2D eigenvalue weighted by molar-refractivity contribution is -0.143. The van der Waals surface area contributed by atoms with Crippen molar-refractivity contribution in [2.75, 3.05) is 14.2 Å². The topological polar surface area (TPSA) is 81.7 Å². The van der Waals surface area contributed by atoms with Crippen LogP contribution in [0.15, 0.2) is 30.3 Å². The van der Waals surface area contributed by atoms with Crippen molar-refractivity contribution in [1.29, 1.82) is 0 Å². The van der Waals surface area contributed by atoms with Gasteiger partial charge in [0.1, 0.15) is 6.42 Å². The average Bonchev–Trinajstić information content (AvgIpc) is 2.47. The molecule has 1 rings (SSSR count). The molecule has 0 aliphatic heterocycles. The first-order valence-electron chi connectivity index (χ1n) is 6.52. The SMILES string of the molecule is COC(=O)CC(=O)NC(CC(=O)OC)Cc1ccccc1. The van der Waals surface area contributed by atoms with E-state index in [1.165, 1.54) is 14.2 Å². The Balaban J connectivity index is 2.66. The number of benzene rings is 1. The molecular weight excluding hydrogens is 274 g/mol. The van der Waals surface area contributed by atoms with Gasteiger partial charge in [-0.2, -0.15) is 0 Å². The van der Waals surface area contributed by atoms with E-state index in [2.05, 4.69) is 14.8 Å². The van der Waals surface area contributed by atoms with Gasteiger partial charge >= 0.3 is 11.9 Å². The van der Waals surface area contributed by atoms with Crippen LogP contribution in [-0.2, 0) is 30.3 Å². The van der Waals surface area contributed by atoms with Crippen LogP contribution < -0.4 is 5.32 Å². The summed E-state index contributed by atoms with van der Waals surface area (Å²) in [6.45, 7) is 0. The smallest absolute Gasteiger partial charge is 0.315 e. The van der Waals surface area contributed by atoms with Gasteiger partial charge in [-0.3, -0.25) is 14.4 Å². The van der Waals surface area contributed by atoms with Gasteiger partial charge in [0, 0.05) is 6.04 Å². The van der Waals surface area contributed by atoms with Crippen LogP contribution in [0.4, 0.5) is 0 Å². The lowest BCUT2D eigenvalue weighted by Gasteiger charge is -2.17. The summed E-state index contributed by atoms with van der Waals surface area (Å²) in [5.74, 6) is -1.52. The molecule has 1 amide bonds. The van der Waals surface area contributed by atoms with Crippen molar-refractivity contribution in [3.63, 3.8) is 0 Å². The molecule has 114 valence electrons. The Kier molecular flexibility index (Phi) is 6.94. The fourth-order valence-corrected chi connectivity index (χ4v) is 1.84. The third-order valence-electron chi connectivity index (χ3n) is 2.86. The third-order valence-corrected chi connectivity index (χ3v) is 2.86. The maximum atomic E-state index is 11.7. The lowest BCUT2D eigenvalue weighted by atomic mass is 10.0. The molecule has 0 aromatic heterocycles. The molecule has 1 aromatic rings. The molecule has 6 heteroatoms. The highest BCUT2D eigenvalue weighted by molar-refractivity contribution is 5.94. The van der Waals surface area contributed by atoms with Crippen LogP contribution in [0, 0.1) is 0 Å². The number of hydrogen-bond donors (Lipinski definition) is 1. The van der Waals surface area contributed by atoms with Gasteiger partial charge in [-0.15, -0.1) is 0 Å². The van der Waals surface area contributed by atoms with Gasteiger partial charge in [-0.25, -0.2) is 0 Å². The van der Waals surface area contributed by atoms with E-state index >= 15 is 0 Å². The van der Waals surface area contributed by atoms with Crippen molar-refractivity contribution in [2.45, 2.75) is 25.3 Å².